The van der Waals surface area contributed by atoms with Gasteiger partial charge in [-0.15, -0.1) is 0 Å². The molecular weight excluding hydrogens is 181 g/mol. The van der Waals surface area contributed by atoms with E-state index in [4.69, 9.17) is 0 Å². The van der Waals surface area contributed by atoms with Crippen LogP contribution in [0.3, 0.4) is 0 Å². The minimum Gasteiger partial charge on any atom is -0.355 e. The first-order valence-corrected chi connectivity index (χ1v) is 4.64. The van der Waals surface area contributed by atoms with Gasteiger partial charge in [-0.05, 0) is 18.6 Å². The van der Waals surface area contributed by atoms with Gasteiger partial charge in [-0.2, -0.15) is 0 Å². The molecule has 2 nitrogen and oxygen atoms in total. The Balaban J connectivity index is 0.000000791. The van der Waals surface area contributed by atoms with Gasteiger partial charge in [0, 0.05) is 7.05 Å². The lowest BCUT2D eigenvalue weighted by Gasteiger charge is -2.02. The van der Waals surface area contributed by atoms with Crippen LogP contribution in [0.25, 0.3) is 0 Å². The summed E-state index contributed by atoms with van der Waals surface area (Å²) in [6, 6.07) is 4.74. The molecule has 0 aromatic heterocycles. The molecule has 0 aliphatic rings. The van der Waals surface area contributed by atoms with Crippen molar-refractivity contribution in [2.75, 3.05) is 7.05 Å². The second-order valence-corrected chi connectivity index (χ2v) is 2.52. The third kappa shape index (κ3) is 2.83. The van der Waals surface area contributed by atoms with E-state index in [9.17, 15) is 9.18 Å². The molecular formula is C11H16FNO. The summed E-state index contributed by atoms with van der Waals surface area (Å²) < 4.78 is 13.2. The van der Waals surface area contributed by atoms with Crippen molar-refractivity contribution in [1.82, 2.24) is 5.32 Å². The van der Waals surface area contributed by atoms with Crippen molar-refractivity contribution in [1.29, 1.82) is 0 Å². The Kier molecular flexibility index (Phi) is 5.53. The van der Waals surface area contributed by atoms with E-state index in [2.05, 4.69) is 5.32 Å². The zero-order valence-electron chi connectivity index (χ0n) is 9.02. The van der Waals surface area contributed by atoms with E-state index in [1.807, 2.05) is 13.8 Å². The van der Waals surface area contributed by atoms with Gasteiger partial charge in [0.2, 0.25) is 0 Å². The second kappa shape index (κ2) is 6.13. The third-order valence-electron chi connectivity index (χ3n) is 1.66. The Labute approximate surface area is 84.1 Å². The molecule has 3 heteroatoms. The summed E-state index contributed by atoms with van der Waals surface area (Å²) in [5, 5.41) is 2.37. The van der Waals surface area contributed by atoms with Crippen molar-refractivity contribution in [3.63, 3.8) is 0 Å². The summed E-state index contributed by atoms with van der Waals surface area (Å²) in [4.78, 5) is 11.0. The van der Waals surface area contributed by atoms with Crippen LogP contribution in [0.2, 0.25) is 0 Å². The van der Waals surface area contributed by atoms with Crippen LogP contribution in [0.4, 0.5) is 4.39 Å². The lowest BCUT2D eigenvalue weighted by Crippen LogP contribution is -2.19. The van der Waals surface area contributed by atoms with Crippen LogP contribution in [0.1, 0.15) is 29.8 Å². The van der Waals surface area contributed by atoms with Crippen molar-refractivity contribution in [2.24, 2.45) is 0 Å². The van der Waals surface area contributed by atoms with Gasteiger partial charge in [0.25, 0.3) is 5.91 Å². The molecule has 0 saturated heterocycles. The number of benzene rings is 1. The van der Waals surface area contributed by atoms with Crippen LogP contribution >= 0.6 is 0 Å². The Morgan fingerprint density at radius 3 is 2.43 bits per heavy atom. The summed E-state index contributed by atoms with van der Waals surface area (Å²) in [5.74, 6) is -0.840. The predicted octanol–water partition coefficient (Wildman–Crippen LogP) is 2.52. The lowest BCUT2D eigenvalue weighted by molar-refractivity contribution is 0.0959. The molecule has 1 aromatic carbocycles. The van der Waals surface area contributed by atoms with Crippen LogP contribution in [0, 0.1) is 12.7 Å². The molecule has 0 heterocycles. The maximum Gasteiger partial charge on any atom is 0.254 e. The molecule has 0 unspecified atom stereocenters. The third-order valence-corrected chi connectivity index (χ3v) is 1.66. The summed E-state index contributed by atoms with van der Waals surface area (Å²) in [7, 11) is 1.48. The Hall–Kier alpha value is -1.38. The molecule has 78 valence electrons. The molecule has 1 rings (SSSR count). The van der Waals surface area contributed by atoms with Crippen molar-refractivity contribution < 1.29 is 9.18 Å². The van der Waals surface area contributed by atoms with E-state index >= 15 is 0 Å². The molecule has 0 bridgehead atoms. The van der Waals surface area contributed by atoms with Crippen LogP contribution in [-0.2, 0) is 0 Å². The molecule has 1 N–H and O–H groups in total. The SMILES string of the molecule is CC.CNC(=O)c1cccc(C)c1F. The fraction of sp³-hybridized carbons (Fsp3) is 0.364. The van der Waals surface area contributed by atoms with E-state index in [1.54, 1.807) is 19.1 Å². The van der Waals surface area contributed by atoms with E-state index in [0.717, 1.165) is 0 Å². The number of amides is 1. The van der Waals surface area contributed by atoms with Crippen LogP contribution in [0.5, 0.6) is 0 Å². The molecule has 0 aliphatic carbocycles. The van der Waals surface area contributed by atoms with E-state index in [1.165, 1.54) is 13.1 Å². The highest BCUT2D eigenvalue weighted by Crippen LogP contribution is 2.10. The number of hydrogen-bond donors (Lipinski definition) is 1. The highest BCUT2D eigenvalue weighted by atomic mass is 19.1. The monoisotopic (exact) mass is 197 g/mol. The number of aryl methyl sites for hydroxylation is 1. The molecule has 1 aromatic rings. The number of carbonyl (C=O) groups excluding carboxylic acids is 1. The molecule has 1 amide bonds. The molecule has 0 radical (unpaired) electrons. The fourth-order valence-corrected chi connectivity index (χ4v) is 0.957. The van der Waals surface area contributed by atoms with Gasteiger partial charge in [-0.3, -0.25) is 4.79 Å². The quantitative estimate of drug-likeness (QED) is 0.736. The van der Waals surface area contributed by atoms with Crippen LogP contribution in [-0.4, -0.2) is 13.0 Å². The van der Waals surface area contributed by atoms with Gasteiger partial charge in [-0.25, -0.2) is 4.39 Å². The van der Waals surface area contributed by atoms with E-state index in [-0.39, 0.29) is 5.56 Å². The first-order valence-electron chi connectivity index (χ1n) is 4.64. The van der Waals surface area contributed by atoms with Gasteiger partial charge in [0.1, 0.15) is 5.82 Å². The zero-order chi connectivity index (χ0) is 11.1. The van der Waals surface area contributed by atoms with Crippen molar-refractivity contribution in [2.45, 2.75) is 20.8 Å². The highest BCUT2D eigenvalue weighted by molar-refractivity contribution is 5.94. The first-order chi connectivity index (χ1) is 6.66. The van der Waals surface area contributed by atoms with Gasteiger partial charge in [0.05, 0.1) is 5.56 Å². The van der Waals surface area contributed by atoms with Gasteiger partial charge in [0.15, 0.2) is 0 Å². The fourth-order valence-electron chi connectivity index (χ4n) is 0.957. The topological polar surface area (TPSA) is 29.1 Å². The Bertz CT molecular complexity index is 310. The summed E-state index contributed by atoms with van der Waals surface area (Å²) >= 11 is 0. The highest BCUT2D eigenvalue weighted by Gasteiger charge is 2.10. The van der Waals surface area contributed by atoms with Gasteiger partial charge < -0.3 is 5.32 Å². The zero-order valence-corrected chi connectivity index (χ0v) is 9.02. The maximum absolute atomic E-state index is 13.2. The second-order valence-electron chi connectivity index (χ2n) is 2.52. The molecule has 0 fully saturated rings. The average Bonchev–Trinajstić information content (AvgIpc) is 2.24. The van der Waals surface area contributed by atoms with Crippen molar-refractivity contribution in [3.8, 4) is 0 Å². The van der Waals surface area contributed by atoms with E-state index in [0.29, 0.717) is 5.56 Å². The number of halogens is 1. The lowest BCUT2D eigenvalue weighted by atomic mass is 10.1. The normalized spacial score (nSPS) is 8.64. The van der Waals surface area contributed by atoms with Crippen LogP contribution < -0.4 is 5.32 Å². The molecule has 0 atom stereocenters. The minimum absolute atomic E-state index is 0.0949. The molecule has 14 heavy (non-hydrogen) atoms. The number of hydrogen-bond acceptors (Lipinski definition) is 1. The number of rotatable bonds is 1. The van der Waals surface area contributed by atoms with Crippen molar-refractivity contribution >= 4 is 5.91 Å². The average molecular weight is 197 g/mol. The summed E-state index contributed by atoms with van der Waals surface area (Å²) in [6.07, 6.45) is 0. The van der Waals surface area contributed by atoms with Gasteiger partial charge in [-0.1, -0.05) is 26.0 Å². The van der Waals surface area contributed by atoms with Gasteiger partial charge >= 0.3 is 0 Å². The predicted molar refractivity (Wildman–Crippen MR) is 55.9 cm³/mol. The van der Waals surface area contributed by atoms with Crippen LogP contribution in [0.15, 0.2) is 18.2 Å². The summed E-state index contributed by atoms with van der Waals surface area (Å²) in [5.41, 5.74) is 0.577. The molecule has 0 saturated carbocycles. The Morgan fingerprint density at radius 1 is 1.36 bits per heavy atom. The largest absolute Gasteiger partial charge is 0.355 e. The summed E-state index contributed by atoms with van der Waals surface area (Å²) in [6.45, 7) is 5.63. The number of carbonyl (C=O) groups is 1. The minimum atomic E-state index is -0.447. The maximum atomic E-state index is 13.2. The standard InChI is InChI=1S/C9H10FNO.C2H6/c1-6-4-3-5-7(8(6)10)9(12)11-2;1-2/h3-5H,1-2H3,(H,11,12);1-2H3. The Morgan fingerprint density at radius 2 is 1.93 bits per heavy atom. The molecule has 0 spiro atoms. The van der Waals surface area contributed by atoms with Crippen molar-refractivity contribution in [3.05, 3.63) is 35.1 Å². The molecule has 0 aliphatic heterocycles. The van der Waals surface area contributed by atoms with E-state index < -0.39 is 11.7 Å². The smallest absolute Gasteiger partial charge is 0.254 e. The number of nitrogens with one attached hydrogen (secondary N) is 1. The first kappa shape index (κ1) is 12.6.